The van der Waals surface area contributed by atoms with Gasteiger partial charge in [-0.25, -0.2) is 4.68 Å². The molecule has 0 aliphatic carbocycles. The van der Waals surface area contributed by atoms with Gasteiger partial charge in [-0.15, -0.1) is 0 Å². The van der Waals surface area contributed by atoms with Crippen molar-refractivity contribution in [2.24, 2.45) is 0 Å². The molecule has 4 nitrogen and oxygen atoms in total. The Morgan fingerprint density at radius 1 is 1.64 bits per heavy atom. The van der Waals surface area contributed by atoms with E-state index in [2.05, 4.69) is 21.0 Å². The maximum Gasteiger partial charge on any atom is 0.268 e. The van der Waals surface area contributed by atoms with E-state index in [4.69, 9.17) is 0 Å². The first-order valence-corrected chi connectivity index (χ1v) is 5.65. The molecule has 1 rings (SSSR count). The second-order valence-electron chi connectivity index (χ2n) is 2.98. The molecule has 0 aliphatic heterocycles. The summed E-state index contributed by atoms with van der Waals surface area (Å²) in [5.41, 5.74) is 0.811. The van der Waals surface area contributed by atoms with E-state index >= 15 is 0 Å². The molecule has 0 bridgehead atoms. The van der Waals surface area contributed by atoms with Crippen LogP contribution in [-0.4, -0.2) is 28.7 Å². The van der Waals surface area contributed by atoms with Gasteiger partial charge >= 0.3 is 0 Å². The monoisotopic (exact) mass is 259 g/mol. The molecule has 5 heteroatoms. The summed E-state index contributed by atoms with van der Waals surface area (Å²) in [6.45, 7) is 3.50. The van der Waals surface area contributed by atoms with Crippen molar-refractivity contribution in [3.8, 4) is 0 Å². The number of nitrogens with zero attached hydrogens (tertiary/aromatic N) is 3. The van der Waals surface area contributed by atoms with Crippen molar-refractivity contribution in [3.05, 3.63) is 22.6 Å². The zero-order valence-corrected chi connectivity index (χ0v) is 9.99. The Bertz CT molecular complexity index is 350. The van der Waals surface area contributed by atoms with Gasteiger partial charge in [0.1, 0.15) is 0 Å². The predicted molar refractivity (Wildman–Crippen MR) is 61.2 cm³/mol. The van der Waals surface area contributed by atoms with Crippen molar-refractivity contribution >= 4 is 21.6 Å². The Labute approximate surface area is 91.7 Å². The largest absolute Gasteiger partial charge is 0.373 e. The normalized spacial score (nSPS) is 10.2. The third kappa shape index (κ3) is 2.57. The molecule has 1 heterocycles. The van der Waals surface area contributed by atoms with Crippen molar-refractivity contribution in [1.29, 1.82) is 0 Å². The number of anilines is 1. The molecule has 0 saturated heterocycles. The van der Waals surface area contributed by atoms with Gasteiger partial charge in [0, 0.05) is 25.0 Å². The molecule has 78 valence electrons. The molecule has 0 aliphatic rings. The second kappa shape index (κ2) is 5.14. The fourth-order valence-corrected chi connectivity index (χ4v) is 1.40. The van der Waals surface area contributed by atoms with Crippen molar-refractivity contribution in [3.63, 3.8) is 0 Å². The standard InChI is InChI=1S/C9H14BrN3O/c1-3-12(2)8-6-9(14)13(5-4-10)11-7-8/h6-7H,3-5H2,1-2H3. The van der Waals surface area contributed by atoms with Gasteiger partial charge in [-0.3, -0.25) is 4.79 Å². The van der Waals surface area contributed by atoms with E-state index in [1.807, 2.05) is 18.9 Å². The summed E-state index contributed by atoms with van der Waals surface area (Å²) in [7, 11) is 1.94. The van der Waals surface area contributed by atoms with Gasteiger partial charge in [0.25, 0.3) is 5.56 Å². The molecule has 0 fully saturated rings. The van der Waals surface area contributed by atoms with Crippen molar-refractivity contribution < 1.29 is 0 Å². The van der Waals surface area contributed by atoms with Crippen LogP contribution >= 0.6 is 15.9 Å². The maximum absolute atomic E-state index is 11.5. The molecule has 0 saturated carbocycles. The molecule has 0 N–H and O–H groups in total. The summed E-state index contributed by atoms with van der Waals surface area (Å²) >= 11 is 3.27. The summed E-state index contributed by atoms with van der Waals surface area (Å²) in [4.78, 5) is 13.5. The lowest BCUT2D eigenvalue weighted by molar-refractivity contribution is 0.622. The Kier molecular flexibility index (Phi) is 4.13. The number of halogens is 1. The van der Waals surface area contributed by atoms with Crippen LogP contribution < -0.4 is 10.5 Å². The lowest BCUT2D eigenvalue weighted by Gasteiger charge is -2.15. The molecule has 0 atom stereocenters. The molecule has 0 aromatic carbocycles. The SMILES string of the molecule is CCN(C)c1cnn(CCBr)c(=O)c1. The second-order valence-corrected chi connectivity index (χ2v) is 3.77. The quantitative estimate of drug-likeness (QED) is 0.761. The third-order valence-electron chi connectivity index (χ3n) is 2.07. The summed E-state index contributed by atoms with van der Waals surface area (Å²) in [5, 5.41) is 4.81. The average molecular weight is 260 g/mol. The summed E-state index contributed by atoms with van der Waals surface area (Å²) in [6, 6.07) is 1.61. The van der Waals surface area contributed by atoms with Crippen LogP contribution in [0.25, 0.3) is 0 Å². The molecule has 0 spiro atoms. The highest BCUT2D eigenvalue weighted by atomic mass is 79.9. The van der Waals surface area contributed by atoms with Crippen molar-refractivity contribution in [2.45, 2.75) is 13.5 Å². The van der Waals surface area contributed by atoms with E-state index in [0.717, 1.165) is 17.6 Å². The minimum absolute atomic E-state index is 0.0535. The summed E-state index contributed by atoms with van der Waals surface area (Å²) in [6.07, 6.45) is 1.72. The molecular formula is C9H14BrN3O. The molecular weight excluding hydrogens is 246 g/mol. The minimum atomic E-state index is -0.0535. The van der Waals surface area contributed by atoms with E-state index in [9.17, 15) is 4.79 Å². The number of aryl methyl sites for hydroxylation is 1. The Morgan fingerprint density at radius 2 is 2.36 bits per heavy atom. The van der Waals surface area contributed by atoms with E-state index in [0.29, 0.717) is 6.54 Å². The van der Waals surface area contributed by atoms with Gasteiger partial charge in [-0.1, -0.05) is 15.9 Å². The number of rotatable bonds is 4. The Balaban J connectivity index is 2.94. The van der Waals surface area contributed by atoms with Crippen LogP contribution in [0.4, 0.5) is 5.69 Å². The first-order valence-electron chi connectivity index (χ1n) is 4.53. The van der Waals surface area contributed by atoms with E-state index in [1.54, 1.807) is 12.3 Å². The zero-order chi connectivity index (χ0) is 10.6. The van der Waals surface area contributed by atoms with Crippen LogP contribution in [0.1, 0.15) is 6.92 Å². The van der Waals surface area contributed by atoms with E-state index < -0.39 is 0 Å². The molecule has 0 unspecified atom stereocenters. The smallest absolute Gasteiger partial charge is 0.268 e. The van der Waals surface area contributed by atoms with Crippen LogP contribution in [0.15, 0.2) is 17.1 Å². The van der Waals surface area contributed by atoms with Gasteiger partial charge in [0.15, 0.2) is 0 Å². The molecule has 0 amide bonds. The van der Waals surface area contributed by atoms with Gasteiger partial charge < -0.3 is 4.90 Å². The maximum atomic E-state index is 11.5. The number of alkyl halides is 1. The van der Waals surface area contributed by atoms with E-state index in [1.165, 1.54) is 4.68 Å². The predicted octanol–water partition coefficient (Wildman–Crippen LogP) is 1.09. The third-order valence-corrected chi connectivity index (χ3v) is 2.42. The van der Waals surface area contributed by atoms with Gasteiger partial charge in [0.2, 0.25) is 0 Å². The minimum Gasteiger partial charge on any atom is -0.373 e. The number of aromatic nitrogens is 2. The van der Waals surface area contributed by atoms with Crippen LogP contribution in [-0.2, 0) is 6.54 Å². The highest BCUT2D eigenvalue weighted by Crippen LogP contribution is 2.05. The number of hydrogen-bond acceptors (Lipinski definition) is 3. The Morgan fingerprint density at radius 3 is 2.86 bits per heavy atom. The molecule has 1 aromatic heterocycles. The molecule has 1 aromatic rings. The van der Waals surface area contributed by atoms with Gasteiger partial charge in [0.05, 0.1) is 18.4 Å². The summed E-state index contributed by atoms with van der Waals surface area (Å²) in [5.74, 6) is 0. The van der Waals surface area contributed by atoms with Crippen molar-refractivity contribution in [1.82, 2.24) is 9.78 Å². The topological polar surface area (TPSA) is 38.1 Å². The van der Waals surface area contributed by atoms with Crippen LogP contribution in [0.3, 0.4) is 0 Å². The molecule has 14 heavy (non-hydrogen) atoms. The van der Waals surface area contributed by atoms with Crippen LogP contribution in [0, 0.1) is 0 Å². The van der Waals surface area contributed by atoms with Gasteiger partial charge in [-0.2, -0.15) is 5.10 Å². The zero-order valence-electron chi connectivity index (χ0n) is 8.40. The highest BCUT2D eigenvalue weighted by Gasteiger charge is 2.02. The van der Waals surface area contributed by atoms with Crippen LogP contribution in [0.2, 0.25) is 0 Å². The van der Waals surface area contributed by atoms with Gasteiger partial charge in [-0.05, 0) is 6.92 Å². The van der Waals surface area contributed by atoms with Crippen molar-refractivity contribution in [2.75, 3.05) is 23.8 Å². The first kappa shape index (κ1) is 11.2. The lowest BCUT2D eigenvalue weighted by Crippen LogP contribution is -2.25. The molecule has 0 radical (unpaired) electrons. The fraction of sp³-hybridized carbons (Fsp3) is 0.556. The fourth-order valence-electron chi connectivity index (χ4n) is 1.06. The first-order chi connectivity index (χ1) is 6.69. The lowest BCUT2D eigenvalue weighted by atomic mass is 10.4. The average Bonchev–Trinajstić information content (AvgIpc) is 2.20. The number of hydrogen-bond donors (Lipinski definition) is 0. The highest BCUT2D eigenvalue weighted by molar-refractivity contribution is 9.09. The van der Waals surface area contributed by atoms with E-state index in [-0.39, 0.29) is 5.56 Å². The Hall–Kier alpha value is -0.840. The van der Waals surface area contributed by atoms with Crippen LogP contribution in [0.5, 0.6) is 0 Å². The summed E-state index contributed by atoms with van der Waals surface area (Å²) < 4.78 is 1.45.